The number of aliphatic carboxylic acids is 1. The van der Waals surface area contributed by atoms with Crippen LogP contribution < -0.4 is 5.32 Å². The first kappa shape index (κ1) is 16.3. The molecule has 5 nitrogen and oxygen atoms in total. The average molecular weight is 420 g/mol. The van der Waals surface area contributed by atoms with Crippen molar-refractivity contribution < 1.29 is 14.7 Å². The zero-order chi connectivity index (χ0) is 15.4. The molecule has 21 heavy (non-hydrogen) atoms. The number of likely N-dealkylation sites (tertiary alicyclic amines) is 1. The van der Waals surface area contributed by atoms with Crippen LogP contribution in [0.1, 0.15) is 12.8 Å². The van der Waals surface area contributed by atoms with Gasteiger partial charge in [-0.2, -0.15) is 0 Å². The number of carboxylic acids is 1. The number of benzene rings is 1. The van der Waals surface area contributed by atoms with Crippen molar-refractivity contribution in [1.29, 1.82) is 0 Å². The van der Waals surface area contributed by atoms with Gasteiger partial charge in [-0.15, -0.1) is 0 Å². The fourth-order valence-electron chi connectivity index (χ4n) is 2.32. The normalized spacial score (nSPS) is 15.8. The summed E-state index contributed by atoms with van der Waals surface area (Å²) in [6.45, 7) is 1.21. The third-order valence-corrected chi connectivity index (χ3v) is 4.90. The summed E-state index contributed by atoms with van der Waals surface area (Å²) in [6.07, 6.45) is 1.06. The summed E-state index contributed by atoms with van der Waals surface area (Å²) in [7, 11) is 0. The number of para-hydroxylation sites is 1. The van der Waals surface area contributed by atoms with Gasteiger partial charge in [-0.05, 0) is 56.8 Å². The molecule has 2 rings (SSSR count). The largest absolute Gasteiger partial charge is 0.481 e. The van der Waals surface area contributed by atoms with E-state index in [0.717, 1.165) is 14.6 Å². The molecule has 1 aromatic carbocycles. The zero-order valence-electron chi connectivity index (χ0n) is 11.3. The lowest BCUT2D eigenvalue weighted by atomic mass is 9.97. The average Bonchev–Trinajstić information content (AvgIpc) is 2.46. The molecular formula is C14H16Br2N2O3. The lowest BCUT2D eigenvalue weighted by Gasteiger charge is -2.30. The number of piperidine rings is 1. The first-order valence-corrected chi connectivity index (χ1v) is 8.26. The van der Waals surface area contributed by atoms with Gasteiger partial charge >= 0.3 is 5.97 Å². The zero-order valence-corrected chi connectivity index (χ0v) is 14.5. The highest BCUT2D eigenvalue weighted by Gasteiger charge is 2.26. The van der Waals surface area contributed by atoms with Crippen molar-refractivity contribution in [2.75, 3.05) is 25.0 Å². The summed E-state index contributed by atoms with van der Waals surface area (Å²) in [5, 5.41) is 12.1. The van der Waals surface area contributed by atoms with E-state index < -0.39 is 5.97 Å². The summed E-state index contributed by atoms with van der Waals surface area (Å²) in [4.78, 5) is 24.8. The number of rotatable bonds is 4. The second kappa shape index (κ2) is 7.26. The standard InChI is InChI=1S/C14H16Br2N2O3/c15-10-2-1-3-11(16)13(10)17-8-12(19)18-6-4-9(5-7-18)14(20)21/h1-3,9,17H,4-8H2,(H,20,21). The Hall–Kier alpha value is -1.08. The number of anilines is 1. The Morgan fingerprint density at radius 3 is 2.33 bits per heavy atom. The number of carbonyl (C=O) groups excluding carboxylic acids is 1. The van der Waals surface area contributed by atoms with E-state index in [4.69, 9.17) is 5.11 Å². The molecule has 114 valence electrons. The second-order valence-corrected chi connectivity index (χ2v) is 6.65. The highest BCUT2D eigenvalue weighted by Crippen LogP contribution is 2.30. The number of carbonyl (C=O) groups is 2. The number of nitrogens with zero attached hydrogens (tertiary/aromatic N) is 1. The summed E-state index contributed by atoms with van der Waals surface area (Å²) < 4.78 is 1.77. The minimum atomic E-state index is -0.766. The van der Waals surface area contributed by atoms with Gasteiger partial charge in [0.15, 0.2) is 0 Å². The lowest BCUT2D eigenvalue weighted by Crippen LogP contribution is -2.42. The Bertz CT molecular complexity index is 523. The van der Waals surface area contributed by atoms with Gasteiger partial charge in [0.2, 0.25) is 5.91 Å². The van der Waals surface area contributed by atoms with Crippen LogP contribution in [-0.2, 0) is 9.59 Å². The van der Waals surface area contributed by atoms with Crippen LogP contribution in [0.4, 0.5) is 5.69 Å². The highest BCUT2D eigenvalue weighted by molar-refractivity contribution is 9.11. The Kier molecular flexibility index (Phi) is 5.64. The molecule has 1 aliphatic rings. The molecule has 7 heteroatoms. The van der Waals surface area contributed by atoms with Gasteiger partial charge in [0.05, 0.1) is 18.2 Å². The van der Waals surface area contributed by atoms with E-state index in [9.17, 15) is 9.59 Å². The fourth-order valence-corrected chi connectivity index (χ4v) is 3.60. The van der Waals surface area contributed by atoms with E-state index in [2.05, 4.69) is 37.2 Å². The summed E-state index contributed by atoms with van der Waals surface area (Å²) in [5.74, 6) is -1.10. The van der Waals surface area contributed by atoms with Crippen LogP contribution in [-0.4, -0.2) is 41.5 Å². The van der Waals surface area contributed by atoms with Gasteiger partial charge in [0, 0.05) is 22.0 Å². The van der Waals surface area contributed by atoms with Gasteiger partial charge in [-0.3, -0.25) is 9.59 Å². The van der Waals surface area contributed by atoms with Gasteiger partial charge in [0.1, 0.15) is 0 Å². The van der Waals surface area contributed by atoms with Crippen molar-refractivity contribution in [3.8, 4) is 0 Å². The van der Waals surface area contributed by atoms with Crippen LogP contribution in [0.15, 0.2) is 27.1 Å². The third-order valence-electron chi connectivity index (χ3n) is 3.58. The van der Waals surface area contributed by atoms with Crippen LogP contribution in [0.5, 0.6) is 0 Å². The van der Waals surface area contributed by atoms with E-state index in [1.54, 1.807) is 4.90 Å². The molecule has 0 atom stereocenters. The summed E-state index contributed by atoms with van der Waals surface area (Å²) >= 11 is 6.87. The number of hydrogen-bond acceptors (Lipinski definition) is 3. The number of halogens is 2. The molecule has 1 fully saturated rings. The van der Waals surface area contributed by atoms with Crippen molar-refractivity contribution in [2.45, 2.75) is 12.8 Å². The molecular weight excluding hydrogens is 404 g/mol. The predicted octanol–water partition coefficient (Wildman–Crippen LogP) is 2.95. The molecule has 1 aromatic rings. The van der Waals surface area contributed by atoms with E-state index in [0.29, 0.717) is 25.9 Å². The quantitative estimate of drug-likeness (QED) is 0.787. The van der Waals surface area contributed by atoms with Crippen LogP contribution in [0, 0.1) is 5.92 Å². The molecule has 0 bridgehead atoms. The lowest BCUT2D eigenvalue weighted by molar-refractivity contribution is -0.145. The van der Waals surface area contributed by atoms with Gasteiger partial charge in [0.25, 0.3) is 0 Å². The van der Waals surface area contributed by atoms with Crippen LogP contribution >= 0.6 is 31.9 Å². The maximum absolute atomic E-state index is 12.2. The first-order chi connectivity index (χ1) is 9.99. The van der Waals surface area contributed by atoms with E-state index >= 15 is 0 Å². The highest BCUT2D eigenvalue weighted by atomic mass is 79.9. The van der Waals surface area contributed by atoms with Crippen molar-refractivity contribution in [3.63, 3.8) is 0 Å². The van der Waals surface area contributed by atoms with Crippen molar-refractivity contribution in [1.82, 2.24) is 4.90 Å². The Labute approximate surface area is 140 Å². The summed E-state index contributed by atoms with van der Waals surface area (Å²) in [5.41, 5.74) is 0.839. The molecule has 0 aromatic heterocycles. The molecule has 0 radical (unpaired) electrons. The smallest absolute Gasteiger partial charge is 0.306 e. The predicted molar refractivity (Wildman–Crippen MR) is 87.3 cm³/mol. The first-order valence-electron chi connectivity index (χ1n) is 6.67. The van der Waals surface area contributed by atoms with Crippen molar-refractivity contribution in [3.05, 3.63) is 27.1 Å². The number of carboxylic acid groups (broad SMARTS) is 1. The van der Waals surface area contributed by atoms with E-state index in [1.807, 2.05) is 18.2 Å². The monoisotopic (exact) mass is 418 g/mol. The Morgan fingerprint density at radius 1 is 1.24 bits per heavy atom. The molecule has 1 amide bonds. The number of amides is 1. The number of hydrogen-bond donors (Lipinski definition) is 2. The maximum Gasteiger partial charge on any atom is 0.306 e. The minimum Gasteiger partial charge on any atom is -0.481 e. The van der Waals surface area contributed by atoms with E-state index in [1.165, 1.54) is 0 Å². The topological polar surface area (TPSA) is 69.6 Å². The van der Waals surface area contributed by atoms with Crippen LogP contribution in [0.3, 0.4) is 0 Å². The van der Waals surface area contributed by atoms with Gasteiger partial charge < -0.3 is 15.3 Å². The minimum absolute atomic E-state index is 0.0125. The van der Waals surface area contributed by atoms with Gasteiger partial charge in [-0.25, -0.2) is 0 Å². The second-order valence-electron chi connectivity index (χ2n) is 4.94. The number of nitrogens with one attached hydrogen (secondary N) is 1. The van der Waals surface area contributed by atoms with Crippen LogP contribution in [0.2, 0.25) is 0 Å². The Morgan fingerprint density at radius 2 is 1.81 bits per heavy atom. The molecule has 0 unspecified atom stereocenters. The van der Waals surface area contributed by atoms with E-state index in [-0.39, 0.29) is 18.4 Å². The third kappa shape index (κ3) is 4.20. The maximum atomic E-state index is 12.2. The SMILES string of the molecule is O=C(O)C1CCN(C(=O)CNc2c(Br)cccc2Br)CC1. The van der Waals surface area contributed by atoms with Crippen molar-refractivity contribution in [2.24, 2.45) is 5.92 Å². The van der Waals surface area contributed by atoms with Gasteiger partial charge in [-0.1, -0.05) is 6.07 Å². The van der Waals surface area contributed by atoms with Crippen LogP contribution in [0.25, 0.3) is 0 Å². The molecule has 1 saturated heterocycles. The fraction of sp³-hybridized carbons (Fsp3) is 0.429. The van der Waals surface area contributed by atoms with Crippen molar-refractivity contribution >= 4 is 49.4 Å². The molecule has 1 heterocycles. The molecule has 0 spiro atoms. The summed E-state index contributed by atoms with van der Waals surface area (Å²) in [6, 6.07) is 5.70. The molecule has 0 aliphatic carbocycles. The molecule has 0 saturated carbocycles. The Balaban J connectivity index is 1.87. The molecule has 1 aliphatic heterocycles. The molecule has 2 N–H and O–H groups in total.